The summed E-state index contributed by atoms with van der Waals surface area (Å²) in [5, 5.41) is 11.1. The van der Waals surface area contributed by atoms with Gasteiger partial charge in [-0.3, -0.25) is 4.79 Å². The second-order valence-corrected chi connectivity index (χ2v) is 7.15. The van der Waals surface area contributed by atoms with Gasteiger partial charge < -0.3 is 10.0 Å². The quantitative estimate of drug-likeness (QED) is 0.923. The molecule has 0 aromatic heterocycles. The highest BCUT2D eigenvalue weighted by Gasteiger charge is 2.36. The van der Waals surface area contributed by atoms with Crippen molar-refractivity contribution >= 4 is 5.91 Å². The number of aliphatic hydroxyl groups is 1. The molecule has 1 heterocycles. The van der Waals surface area contributed by atoms with Gasteiger partial charge in [0.15, 0.2) is 0 Å². The van der Waals surface area contributed by atoms with E-state index in [1.54, 1.807) is 0 Å². The van der Waals surface area contributed by atoms with E-state index in [9.17, 15) is 9.90 Å². The lowest BCUT2D eigenvalue weighted by Gasteiger charge is -2.39. The van der Waals surface area contributed by atoms with Crippen LogP contribution in [0.5, 0.6) is 0 Å². The Hall–Kier alpha value is -2.13. The first-order chi connectivity index (χ1) is 12.0. The Morgan fingerprint density at radius 2 is 1.72 bits per heavy atom. The smallest absolute Gasteiger partial charge is 0.222 e. The third kappa shape index (κ3) is 3.93. The molecular weight excluding hydrogens is 310 g/mol. The van der Waals surface area contributed by atoms with E-state index in [4.69, 9.17) is 0 Å². The molecule has 1 saturated heterocycles. The molecule has 1 aliphatic heterocycles. The maximum Gasteiger partial charge on any atom is 0.222 e. The van der Waals surface area contributed by atoms with Gasteiger partial charge in [-0.2, -0.15) is 0 Å². The van der Waals surface area contributed by atoms with Crippen LogP contribution >= 0.6 is 0 Å². The van der Waals surface area contributed by atoms with Crippen molar-refractivity contribution in [2.75, 3.05) is 13.1 Å². The van der Waals surface area contributed by atoms with Crippen LogP contribution in [-0.2, 0) is 16.8 Å². The molecule has 2 aromatic rings. The van der Waals surface area contributed by atoms with Crippen LogP contribution in [-0.4, -0.2) is 29.0 Å². The molecule has 25 heavy (non-hydrogen) atoms. The van der Waals surface area contributed by atoms with Crippen LogP contribution in [0, 0.1) is 13.8 Å². The number of nitrogens with zero attached hydrogens (tertiary/aromatic N) is 1. The van der Waals surface area contributed by atoms with E-state index in [2.05, 4.69) is 32.0 Å². The number of hydrogen-bond acceptors (Lipinski definition) is 2. The van der Waals surface area contributed by atoms with Gasteiger partial charge in [-0.05, 0) is 55.4 Å². The molecule has 0 aliphatic carbocycles. The SMILES string of the molecule is Cc1cccc(C2(O)CCN(C(=O)CCc3ccccc3)CC2)c1C. The number of amides is 1. The molecule has 0 atom stereocenters. The molecule has 2 aromatic carbocycles. The Morgan fingerprint density at radius 3 is 2.40 bits per heavy atom. The van der Waals surface area contributed by atoms with Crippen molar-refractivity contribution in [1.29, 1.82) is 0 Å². The maximum atomic E-state index is 12.5. The zero-order valence-electron chi connectivity index (χ0n) is 15.2. The van der Waals surface area contributed by atoms with Gasteiger partial charge in [-0.15, -0.1) is 0 Å². The third-order valence-corrected chi connectivity index (χ3v) is 5.52. The van der Waals surface area contributed by atoms with Crippen molar-refractivity contribution < 1.29 is 9.90 Å². The molecule has 1 amide bonds. The summed E-state index contributed by atoms with van der Waals surface area (Å²) in [5.74, 6) is 0.187. The number of benzene rings is 2. The van der Waals surface area contributed by atoms with Gasteiger partial charge in [0, 0.05) is 19.5 Å². The number of aryl methyl sites for hydroxylation is 2. The largest absolute Gasteiger partial charge is 0.385 e. The lowest BCUT2D eigenvalue weighted by molar-refractivity contribution is -0.135. The molecule has 3 rings (SSSR count). The molecule has 3 heteroatoms. The fraction of sp³-hybridized carbons (Fsp3) is 0.409. The van der Waals surface area contributed by atoms with Gasteiger partial charge in [0.05, 0.1) is 5.60 Å². The summed E-state index contributed by atoms with van der Waals surface area (Å²) in [5.41, 5.74) is 3.76. The predicted molar refractivity (Wildman–Crippen MR) is 100 cm³/mol. The van der Waals surface area contributed by atoms with Gasteiger partial charge in [-0.1, -0.05) is 48.5 Å². The summed E-state index contributed by atoms with van der Waals surface area (Å²) in [6.07, 6.45) is 2.52. The number of carbonyl (C=O) groups excluding carboxylic acids is 1. The number of likely N-dealkylation sites (tertiary alicyclic amines) is 1. The highest BCUT2D eigenvalue weighted by Crippen LogP contribution is 2.35. The van der Waals surface area contributed by atoms with E-state index in [0.717, 1.165) is 17.5 Å². The fourth-order valence-corrected chi connectivity index (χ4v) is 3.70. The molecule has 0 unspecified atom stereocenters. The lowest BCUT2D eigenvalue weighted by atomic mass is 9.81. The van der Waals surface area contributed by atoms with Crippen LogP contribution in [0.25, 0.3) is 0 Å². The van der Waals surface area contributed by atoms with Gasteiger partial charge >= 0.3 is 0 Å². The first kappa shape index (κ1) is 17.7. The summed E-state index contributed by atoms with van der Waals surface area (Å²) >= 11 is 0. The topological polar surface area (TPSA) is 40.5 Å². The summed E-state index contributed by atoms with van der Waals surface area (Å²) in [4.78, 5) is 14.4. The number of rotatable bonds is 4. The van der Waals surface area contributed by atoms with E-state index in [-0.39, 0.29) is 5.91 Å². The second kappa shape index (κ2) is 7.40. The van der Waals surface area contributed by atoms with Crippen molar-refractivity contribution in [3.63, 3.8) is 0 Å². The van der Waals surface area contributed by atoms with E-state index in [0.29, 0.717) is 32.4 Å². The maximum absolute atomic E-state index is 12.5. The molecule has 0 spiro atoms. The number of carbonyl (C=O) groups is 1. The number of piperidine rings is 1. The van der Waals surface area contributed by atoms with E-state index in [1.165, 1.54) is 11.1 Å². The summed E-state index contributed by atoms with van der Waals surface area (Å²) in [6.45, 7) is 5.39. The molecule has 1 N–H and O–H groups in total. The van der Waals surface area contributed by atoms with Gasteiger partial charge in [-0.25, -0.2) is 0 Å². The second-order valence-electron chi connectivity index (χ2n) is 7.15. The predicted octanol–water partition coefficient (Wildman–Crippen LogP) is 3.75. The third-order valence-electron chi connectivity index (χ3n) is 5.52. The minimum Gasteiger partial charge on any atom is -0.385 e. The molecule has 1 aliphatic rings. The van der Waals surface area contributed by atoms with Crippen molar-refractivity contribution in [2.24, 2.45) is 0 Å². The van der Waals surface area contributed by atoms with Crippen molar-refractivity contribution in [2.45, 2.75) is 45.1 Å². The van der Waals surface area contributed by atoms with Crippen LogP contribution in [0.15, 0.2) is 48.5 Å². The first-order valence-corrected chi connectivity index (χ1v) is 9.10. The molecule has 0 bridgehead atoms. The molecule has 132 valence electrons. The highest BCUT2D eigenvalue weighted by atomic mass is 16.3. The van der Waals surface area contributed by atoms with Crippen LogP contribution in [0.3, 0.4) is 0 Å². The van der Waals surface area contributed by atoms with Crippen molar-refractivity contribution in [3.8, 4) is 0 Å². The number of hydrogen-bond donors (Lipinski definition) is 1. The Morgan fingerprint density at radius 1 is 1.04 bits per heavy atom. The molecule has 0 radical (unpaired) electrons. The van der Waals surface area contributed by atoms with Crippen molar-refractivity contribution in [3.05, 3.63) is 70.8 Å². The Balaban J connectivity index is 1.59. The van der Waals surface area contributed by atoms with Gasteiger partial charge in [0.1, 0.15) is 0 Å². The molecule has 3 nitrogen and oxygen atoms in total. The Labute approximate surface area is 150 Å². The zero-order chi connectivity index (χ0) is 17.9. The summed E-state index contributed by atoms with van der Waals surface area (Å²) in [7, 11) is 0. The standard InChI is InChI=1S/C22H27NO2/c1-17-7-6-10-20(18(17)2)22(25)13-15-23(16-14-22)21(24)12-11-19-8-4-3-5-9-19/h3-10,25H,11-16H2,1-2H3. The van der Waals surface area contributed by atoms with Gasteiger partial charge in [0.2, 0.25) is 5.91 Å². The van der Waals surface area contributed by atoms with Crippen LogP contribution in [0.2, 0.25) is 0 Å². The monoisotopic (exact) mass is 337 g/mol. The fourth-order valence-electron chi connectivity index (χ4n) is 3.70. The average molecular weight is 337 g/mol. The minimum atomic E-state index is -0.813. The molecule has 1 fully saturated rings. The van der Waals surface area contributed by atoms with Crippen LogP contribution < -0.4 is 0 Å². The minimum absolute atomic E-state index is 0.187. The van der Waals surface area contributed by atoms with E-state index < -0.39 is 5.60 Å². The molecular formula is C22H27NO2. The highest BCUT2D eigenvalue weighted by molar-refractivity contribution is 5.76. The van der Waals surface area contributed by atoms with Crippen LogP contribution in [0.1, 0.15) is 41.5 Å². The summed E-state index contributed by atoms with van der Waals surface area (Å²) < 4.78 is 0. The Bertz CT molecular complexity index is 731. The Kier molecular flexibility index (Phi) is 5.24. The van der Waals surface area contributed by atoms with Crippen LogP contribution in [0.4, 0.5) is 0 Å². The van der Waals surface area contributed by atoms with Crippen molar-refractivity contribution in [1.82, 2.24) is 4.90 Å². The lowest BCUT2D eigenvalue weighted by Crippen LogP contribution is -2.45. The molecule has 0 saturated carbocycles. The van der Waals surface area contributed by atoms with E-state index in [1.807, 2.05) is 35.2 Å². The van der Waals surface area contributed by atoms with E-state index >= 15 is 0 Å². The zero-order valence-corrected chi connectivity index (χ0v) is 15.2. The normalized spacial score (nSPS) is 16.7. The summed E-state index contributed by atoms with van der Waals surface area (Å²) in [6, 6.07) is 16.2. The average Bonchev–Trinajstić information content (AvgIpc) is 2.63. The van der Waals surface area contributed by atoms with Gasteiger partial charge in [0.25, 0.3) is 0 Å². The first-order valence-electron chi connectivity index (χ1n) is 9.10.